The van der Waals surface area contributed by atoms with Gasteiger partial charge in [0.25, 0.3) is 0 Å². The quantitative estimate of drug-likeness (QED) is 0.772. The number of quaternary nitrogens is 1. The lowest BCUT2D eigenvalue weighted by atomic mass is 9.48. The van der Waals surface area contributed by atoms with Crippen LogP contribution in [0.5, 0.6) is 11.5 Å². The average Bonchev–Trinajstić information content (AvgIpc) is 3.16. The molecule has 1 saturated heterocycles. The molecule has 6 rings (SSSR count). The van der Waals surface area contributed by atoms with Crippen molar-refractivity contribution < 1.29 is 23.9 Å². The van der Waals surface area contributed by atoms with Crippen molar-refractivity contribution in [2.24, 2.45) is 0 Å². The highest BCUT2D eigenvalue weighted by Gasteiger charge is 2.77. The van der Waals surface area contributed by atoms with Gasteiger partial charge < -0.3 is 19.1 Å². The Bertz CT molecular complexity index is 1070. The van der Waals surface area contributed by atoms with Crippen LogP contribution in [-0.4, -0.2) is 60.4 Å². The van der Waals surface area contributed by atoms with Crippen molar-refractivity contribution in [1.82, 2.24) is 0 Å². The molecule has 2 fully saturated rings. The van der Waals surface area contributed by atoms with E-state index in [1.807, 2.05) is 13.2 Å². The van der Waals surface area contributed by atoms with Crippen LogP contribution in [-0.2, 0) is 27.8 Å². The summed E-state index contributed by atoms with van der Waals surface area (Å²) < 4.78 is 13.7. The Labute approximate surface area is 183 Å². The summed E-state index contributed by atoms with van der Waals surface area (Å²) in [5.41, 5.74) is 2.68. The molecule has 1 unspecified atom stereocenters. The number of carbonyl (C=O) groups excluding carboxylic acids is 1. The van der Waals surface area contributed by atoms with Gasteiger partial charge in [-0.25, -0.2) is 0 Å². The maximum absolute atomic E-state index is 13.1. The first-order valence-electron chi connectivity index (χ1n) is 11.4. The Morgan fingerprint density at radius 2 is 2.00 bits per heavy atom. The van der Waals surface area contributed by atoms with Crippen LogP contribution in [0.1, 0.15) is 36.0 Å². The normalized spacial score (nSPS) is 37.3. The molecule has 0 radical (unpaired) electrons. The molecule has 2 aromatic carbocycles. The molecule has 0 aromatic heterocycles. The topological polar surface area (TPSA) is 55.8 Å². The van der Waals surface area contributed by atoms with Crippen LogP contribution in [0.4, 0.5) is 0 Å². The molecule has 1 N–H and O–H groups in total. The summed E-state index contributed by atoms with van der Waals surface area (Å²) in [5.74, 6) is 0.818. The van der Waals surface area contributed by atoms with Gasteiger partial charge in [0, 0.05) is 38.4 Å². The summed E-state index contributed by atoms with van der Waals surface area (Å²) in [6, 6.07) is 14.7. The minimum absolute atomic E-state index is 0.144. The van der Waals surface area contributed by atoms with Gasteiger partial charge in [-0.15, -0.1) is 0 Å². The fourth-order valence-electron chi connectivity index (χ4n) is 7.51. The predicted molar refractivity (Wildman–Crippen MR) is 116 cm³/mol. The molecule has 5 atom stereocenters. The third kappa shape index (κ3) is 2.26. The molecule has 31 heavy (non-hydrogen) atoms. The van der Waals surface area contributed by atoms with Gasteiger partial charge in [0.2, 0.25) is 0 Å². The molecule has 2 bridgehead atoms. The highest BCUT2D eigenvalue weighted by atomic mass is 16.5. The van der Waals surface area contributed by atoms with Gasteiger partial charge in [-0.2, -0.15) is 0 Å². The van der Waals surface area contributed by atoms with E-state index in [4.69, 9.17) is 9.47 Å². The van der Waals surface area contributed by atoms with E-state index in [1.165, 1.54) is 11.1 Å². The van der Waals surface area contributed by atoms with E-state index in [0.717, 1.165) is 48.8 Å². The lowest BCUT2D eigenvalue weighted by molar-refractivity contribution is -0.949. The highest BCUT2D eigenvalue weighted by Crippen LogP contribution is 2.66. The first-order chi connectivity index (χ1) is 15.0. The summed E-state index contributed by atoms with van der Waals surface area (Å²) >= 11 is 0. The van der Waals surface area contributed by atoms with E-state index in [2.05, 4.69) is 37.4 Å². The van der Waals surface area contributed by atoms with Crippen LogP contribution < -0.4 is 4.74 Å². The number of hydrogen-bond donors (Lipinski definition) is 1. The monoisotopic (exact) mass is 420 g/mol. The Kier molecular flexibility index (Phi) is 3.95. The highest BCUT2D eigenvalue weighted by molar-refractivity contribution is 5.90. The van der Waals surface area contributed by atoms with Gasteiger partial charge in [0.05, 0.1) is 25.6 Å². The molecule has 2 aliphatic heterocycles. The number of rotatable bonds is 4. The molecular weight excluding hydrogens is 390 g/mol. The van der Waals surface area contributed by atoms with E-state index in [9.17, 15) is 9.90 Å². The number of aromatic hydroxyl groups is 1. The molecule has 1 saturated carbocycles. The van der Waals surface area contributed by atoms with Crippen molar-refractivity contribution in [1.29, 1.82) is 0 Å². The number of ketones is 1. The van der Waals surface area contributed by atoms with Gasteiger partial charge in [-0.3, -0.25) is 4.79 Å². The number of piperidine rings is 1. The van der Waals surface area contributed by atoms with Gasteiger partial charge in [0.15, 0.2) is 23.4 Å². The van der Waals surface area contributed by atoms with Crippen molar-refractivity contribution in [3.63, 3.8) is 0 Å². The minimum atomic E-state index is -0.547. The molecule has 0 amide bonds. The molecule has 4 aliphatic rings. The number of Topliss-reactive ketones (excluding diaryl/α,β-unsaturated/α-hetero) is 1. The van der Waals surface area contributed by atoms with Crippen LogP contribution in [0.25, 0.3) is 0 Å². The number of benzene rings is 2. The Balaban J connectivity index is 1.49. The summed E-state index contributed by atoms with van der Waals surface area (Å²) in [7, 11) is 4.19. The molecule has 1 spiro atoms. The third-order valence-corrected chi connectivity index (χ3v) is 8.98. The lowest BCUT2D eigenvalue weighted by Gasteiger charge is -2.65. The molecule has 162 valence electrons. The van der Waals surface area contributed by atoms with Crippen LogP contribution in [0.15, 0.2) is 42.5 Å². The van der Waals surface area contributed by atoms with Crippen LogP contribution >= 0.6 is 0 Å². The first-order valence-corrected chi connectivity index (χ1v) is 11.4. The van der Waals surface area contributed by atoms with E-state index < -0.39 is 17.1 Å². The second-order valence-electron chi connectivity index (χ2n) is 10.1. The number of phenolic OH excluding ortho intramolecular Hbond substituents is 1. The SMILES string of the molecule is CO[C@@]12CCC(=O)[C@@H]3Oc4c(O)ccc5c4[C@@]31CC[N+](C)(CCc1ccccc1)[C@@H]2C5. The Hall–Kier alpha value is -2.37. The smallest absolute Gasteiger partial charge is 0.174 e. The molecule has 2 heterocycles. The van der Waals surface area contributed by atoms with E-state index >= 15 is 0 Å². The Morgan fingerprint density at radius 3 is 2.77 bits per heavy atom. The van der Waals surface area contributed by atoms with Gasteiger partial charge in [-0.05, 0) is 23.6 Å². The number of ether oxygens (including phenoxy) is 2. The largest absolute Gasteiger partial charge is 0.504 e. The van der Waals surface area contributed by atoms with Crippen molar-refractivity contribution in [2.75, 3.05) is 27.2 Å². The van der Waals surface area contributed by atoms with Crippen molar-refractivity contribution in [3.8, 4) is 11.5 Å². The first kappa shape index (κ1) is 19.3. The number of likely N-dealkylation sites (N-methyl/N-ethyl adjacent to an activating group) is 1. The summed E-state index contributed by atoms with van der Waals surface area (Å²) in [6.45, 7) is 2.01. The predicted octanol–water partition coefficient (Wildman–Crippen LogP) is 3.16. The standard InChI is InChI=1S/C26H29NO4/c1-27(14-11-17-6-4-3-5-7-17)15-13-25-22-18-8-9-19(28)23(22)31-24(25)20(29)10-12-26(25,30-2)21(27)16-18/h3-9,21,24H,10-16H2,1-2H3/p+1/t21-,24+,25+,26-,27?/m1/s1. The van der Waals surface area contributed by atoms with Crippen LogP contribution in [0, 0.1) is 0 Å². The number of likely N-dealkylation sites (tertiary alicyclic amines) is 1. The fraction of sp³-hybridized carbons (Fsp3) is 0.500. The summed E-state index contributed by atoms with van der Waals surface area (Å²) in [5, 5.41) is 10.6. The number of carbonyl (C=O) groups is 1. The number of phenols is 1. The zero-order valence-corrected chi connectivity index (χ0v) is 18.3. The maximum Gasteiger partial charge on any atom is 0.174 e. The molecule has 5 heteroatoms. The van der Waals surface area contributed by atoms with Crippen LogP contribution in [0.2, 0.25) is 0 Å². The minimum Gasteiger partial charge on any atom is -0.504 e. The lowest BCUT2D eigenvalue weighted by Crippen LogP contribution is -2.81. The van der Waals surface area contributed by atoms with Crippen molar-refractivity contribution >= 4 is 5.78 Å². The number of nitrogens with zero attached hydrogens (tertiary/aromatic N) is 1. The number of methoxy groups -OCH3 is 1. The molecule has 2 aliphatic carbocycles. The Morgan fingerprint density at radius 1 is 1.19 bits per heavy atom. The molecular formula is C26H30NO4+. The fourth-order valence-corrected chi connectivity index (χ4v) is 7.51. The maximum atomic E-state index is 13.1. The molecule has 2 aromatic rings. The zero-order valence-electron chi connectivity index (χ0n) is 18.3. The average molecular weight is 421 g/mol. The molecule has 5 nitrogen and oxygen atoms in total. The van der Waals surface area contributed by atoms with Gasteiger partial charge in [0.1, 0.15) is 11.6 Å². The summed E-state index contributed by atoms with van der Waals surface area (Å²) in [6.07, 6.45) is 3.39. The van der Waals surface area contributed by atoms with Crippen molar-refractivity contribution in [3.05, 3.63) is 59.2 Å². The van der Waals surface area contributed by atoms with Crippen LogP contribution in [0.3, 0.4) is 0 Å². The second-order valence-corrected chi connectivity index (χ2v) is 10.1. The zero-order chi connectivity index (χ0) is 21.4. The number of hydrogen-bond acceptors (Lipinski definition) is 4. The summed E-state index contributed by atoms with van der Waals surface area (Å²) in [4.78, 5) is 13.1. The van der Waals surface area contributed by atoms with Crippen molar-refractivity contribution in [2.45, 2.75) is 55.3 Å². The third-order valence-electron chi connectivity index (χ3n) is 8.98. The van der Waals surface area contributed by atoms with E-state index in [1.54, 1.807) is 6.07 Å². The van der Waals surface area contributed by atoms with Gasteiger partial charge >= 0.3 is 0 Å². The van der Waals surface area contributed by atoms with E-state index in [0.29, 0.717) is 12.2 Å². The second kappa shape index (κ2) is 6.33. The van der Waals surface area contributed by atoms with E-state index in [-0.39, 0.29) is 17.6 Å². The van der Waals surface area contributed by atoms with Gasteiger partial charge in [-0.1, -0.05) is 36.4 Å².